The van der Waals surface area contributed by atoms with E-state index in [2.05, 4.69) is 4.90 Å². The van der Waals surface area contributed by atoms with Gasteiger partial charge in [0.25, 0.3) is 0 Å². The highest BCUT2D eigenvalue weighted by Gasteiger charge is 2.28. The van der Waals surface area contributed by atoms with Crippen LogP contribution < -0.4 is 5.73 Å². The molecule has 110 valence electrons. The maximum absolute atomic E-state index is 13.5. The van der Waals surface area contributed by atoms with Crippen LogP contribution >= 0.6 is 0 Å². The molecule has 1 aliphatic rings. The number of primary amides is 1. The first-order valence-corrected chi connectivity index (χ1v) is 7.00. The molecule has 1 unspecified atom stereocenters. The van der Waals surface area contributed by atoms with E-state index in [0.29, 0.717) is 13.1 Å². The van der Waals surface area contributed by atoms with E-state index >= 15 is 0 Å². The number of rotatable bonds is 4. The van der Waals surface area contributed by atoms with Crippen LogP contribution in [0.4, 0.5) is 4.39 Å². The summed E-state index contributed by atoms with van der Waals surface area (Å²) in [7, 11) is 1.91. The van der Waals surface area contributed by atoms with Gasteiger partial charge in [-0.2, -0.15) is 0 Å². The van der Waals surface area contributed by atoms with Crippen LogP contribution in [-0.4, -0.2) is 48.4 Å². The lowest BCUT2D eigenvalue weighted by atomic mass is 10.1. The highest BCUT2D eigenvalue weighted by molar-refractivity contribution is 5.80. The van der Waals surface area contributed by atoms with Gasteiger partial charge in [-0.25, -0.2) is 4.39 Å². The predicted octanol–water partition coefficient (Wildman–Crippen LogP) is 0.989. The Labute approximate surface area is 119 Å². The minimum Gasteiger partial charge on any atom is -0.368 e. The van der Waals surface area contributed by atoms with E-state index in [1.54, 1.807) is 12.1 Å². The molecule has 5 heteroatoms. The fraction of sp³-hybridized carbons (Fsp3) is 0.533. The summed E-state index contributed by atoms with van der Waals surface area (Å²) in [4.78, 5) is 15.5. The summed E-state index contributed by atoms with van der Waals surface area (Å²) in [6, 6.07) is 4.90. The third-order valence-corrected chi connectivity index (χ3v) is 3.89. The smallest absolute Gasteiger partial charge is 0.236 e. The fourth-order valence-corrected chi connectivity index (χ4v) is 2.65. The van der Waals surface area contributed by atoms with Crippen molar-refractivity contribution in [2.24, 2.45) is 5.73 Å². The zero-order valence-electron chi connectivity index (χ0n) is 12.1. The average molecular weight is 279 g/mol. The monoisotopic (exact) mass is 279 g/mol. The van der Waals surface area contributed by atoms with Crippen LogP contribution in [0.15, 0.2) is 18.2 Å². The van der Waals surface area contributed by atoms with Crippen molar-refractivity contribution >= 4 is 5.91 Å². The molecule has 0 aromatic heterocycles. The molecule has 0 radical (unpaired) electrons. The third-order valence-electron chi connectivity index (χ3n) is 3.89. The number of likely N-dealkylation sites (N-methyl/N-ethyl adjacent to an activating group) is 1. The predicted molar refractivity (Wildman–Crippen MR) is 76.7 cm³/mol. The Kier molecular flexibility index (Phi) is 4.73. The van der Waals surface area contributed by atoms with Gasteiger partial charge in [0.05, 0.1) is 0 Å². The van der Waals surface area contributed by atoms with Crippen LogP contribution in [0, 0.1) is 5.82 Å². The van der Waals surface area contributed by atoms with Gasteiger partial charge in [-0.05, 0) is 36.7 Å². The van der Waals surface area contributed by atoms with E-state index in [1.165, 1.54) is 0 Å². The molecule has 0 spiro atoms. The molecule has 20 heavy (non-hydrogen) atoms. The zero-order valence-corrected chi connectivity index (χ0v) is 12.1. The lowest BCUT2D eigenvalue weighted by Gasteiger charge is -2.37. The van der Waals surface area contributed by atoms with Crippen molar-refractivity contribution in [1.29, 1.82) is 0 Å². The Morgan fingerprint density at radius 2 is 2.05 bits per heavy atom. The molecule has 0 bridgehead atoms. The number of nitrogens with zero attached hydrogens (tertiary/aromatic N) is 2. The minimum absolute atomic E-state index is 0.195. The summed E-state index contributed by atoms with van der Waals surface area (Å²) in [6.07, 6.45) is 0.817. The van der Waals surface area contributed by atoms with Crippen LogP contribution in [0.1, 0.15) is 18.1 Å². The largest absolute Gasteiger partial charge is 0.368 e. The molecule has 0 saturated carbocycles. The van der Waals surface area contributed by atoms with Crippen LogP contribution in [0.5, 0.6) is 0 Å². The summed E-state index contributed by atoms with van der Waals surface area (Å²) >= 11 is 0. The van der Waals surface area contributed by atoms with E-state index in [9.17, 15) is 9.18 Å². The van der Waals surface area contributed by atoms with Crippen molar-refractivity contribution in [3.8, 4) is 0 Å². The number of amides is 1. The number of aryl methyl sites for hydroxylation is 1. The topological polar surface area (TPSA) is 49.6 Å². The third kappa shape index (κ3) is 3.55. The van der Waals surface area contributed by atoms with Gasteiger partial charge in [0.2, 0.25) is 5.91 Å². The Bertz CT molecular complexity index is 492. The second-order valence-corrected chi connectivity index (χ2v) is 5.46. The molecule has 1 aromatic rings. The minimum atomic E-state index is -0.300. The highest BCUT2D eigenvalue weighted by atomic mass is 19.1. The molecular formula is C15H22FN3O. The van der Waals surface area contributed by atoms with Gasteiger partial charge in [0, 0.05) is 26.2 Å². The maximum atomic E-state index is 13.5. The zero-order chi connectivity index (χ0) is 14.7. The van der Waals surface area contributed by atoms with Crippen LogP contribution in [0.2, 0.25) is 0 Å². The first kappa shape index (κ1) is 14.9. The van der Waals surface area contributed by atoms with E-state index < -0.39 is 0 Å². The van der Waals surface area contributed by atoms with Crippen LogP contribution in [-0.2, 0) is 17.8 Å². The first-order chi connectivity index (χ1) is 9.49. The Hall–Kier alpha value is -1.46. The second-order valence-electron chi connectivity index (χ2n) is 5.46. The average Bonchev–Trinajstić information content (AvgIpc) is 2.40. The van der Waals surface area contributed by atoms with Crippen molar-refractivity contribution in [2.75, 3.05) is 26.7 Å². The Morgan fingerprint density at radius 1 is 1.35 bits per heavy atom. The molecule has 1 saturated heterocycles. The van der Waals surface area contributed by atoms with Crippen LogP contribution in [0.25, 0.3) is 0 Å². The number of carbonyl (C=O) groups is 1. The standard InChI is InChI=1S/C15H22FN3O/c1-3-11-6-12(8-13(16)7-11)9-19-5-4-18(2)14(10-19)15(17)20/h6-8,14H,3-5,9-10H2,1-2H3,(H2,17,20). The molecular weight excluding hydrogens is 257 g/mol. The molecule has 1 aliphatic heterocycles. The Morgan fingerprint density at radius 3 is 2.70 bits per heavy atom. The SMILES string of the molecule is CCc1cc(F)cc(CN2CCN(C)C(C(N)=O)C2)c1. The van der Waals surface area contributed by atoms with Crippen molar-refractivity contribution in [3.05, 3.63) is 35.1 Å². The van der Waals surface area contributed by atoms with Gasteiger partial charge in [-0.15, -0.1) is 0 Å². The Balaban J connectivity index is 2.06. The molecule has 1 aromatic carbocycles. The molecule has 1 atom stereocenters. The lowest BCUT2D eigenvalue weighted by molar-refractivity contribution is -0.125. The number of hydrogen-bond acceptors (Lipinski definition) is 3. The van der Waals surface area contributed by atoms with Crippen molar-refractivity contribution in [1.82, 2.24) is 9.80 Å². The molecule has 4 nitrogen and oxygen atoms in total. The molecule has 1 heterocycles. The van der Waals surface area contributed by atoms with Gasteiger partial charge < -0.3 is 5.73 Å². The van der Waals surface area contributed by atoms with Crippen LogP contribution in [0.3, 0.4) is 0 Å². The molecule has 1 amide bonds. The van der Waals surface area contributed by atoms with Gasteiger partial charge >= 0.3 is 0 Å². The number of halogens is 1. The molecule has 2 N–H and O–H groups in total. The summed E-state index contributed by atoms with van der Waals surface area (Å²) in [5, 5.41) is 0. The summed E-state index contributed by atoms with van der Waals surface area (Å²) in [5.74, 6) is -0.495. The molecule has 0 aliphatic carbocycles. The number of carbonyl (C=O) groups excluding carboxylic acids is 1. The summed E-state index contributed by atoms with van der Waals surface area (Å²) in [6.45, 7) is 4.92. The first-order valence-electron chi connectivity index (χ1n) is 7.00. The summed E-state index contributed by atoms with van der Waals surface area (Å²) < 4.78 is 13.5. The van der Waals surface area contributed by atoms with E-state index in [0.717, 1.165) is 30.6 Å². The normalized spacial score (nSPS) is 21.1. The summed E-state index contributed by atoms with van der Waals surface area (Å²) in [5.41, 5.74) is 7.37. The van der Waals surface area contributed by atoms with Crippen molar-refractivity contribution < 1.29 is 9.18 Å². The number of benzene rings is 1. The van der Waals surface area contributed by atoms with Gasteiger partial charge in [-0.3, -0.25) is 14.6 Å². The number of hydrogen-bond donors (Lipinski definition) is 1. The number of nitrogens with two attached hydrogens (primary N) is 1. The molecule has 1 fully saturated rings. The lowest BCUT2D eigenvalue weighted by Crippen LogP contribution is -2.56. The highest BCUT2D eigenvalue weighted by Crippen LogP contribution is 2.15. The van der Waals surface area contributed by atoms with E-state index in [1.807, 2.05) is 24.9 Å². The van der Waals surface area contributed by atoms with Crippen molar-refractivity contribution in [2.45, 2.75) is 25.9 Å². The van der Waals surface area contributed by atoms with E-state index in [-0.39, 0.29) is 17.8 Å². The quantitative estimate of drug-likeness (QED) is 0.894. The van der Waals surface area contributed by atoms with Gasteiger partial charge in [0.15, 0.2) is 0 Å². The maximum Gasteiger partial charge on any atom is 0.236 e. The van der Waals surface area contributed by atoms with Gasteiger partial charge in [-0.1, -0.05) is 13.0 Å². The second kappa shape index (κ2) is 6.33. The molecule has 2 rings (SSSR count). The van der Waals surface area contributed by atoms with Crippen molar-refractivity contribution in [3.63, 3.8) is 0 Å². The van der Waals surface area contributed by atoms with Gasteiger partial charge in [0.1, 0.15) is 11.9 Å². The van der Waals surface area contributed by atoms with E-state index in [4.69, 9.17) is 5.73 Å². The number of piperazine rings is 1. The fourth-order valence-electron chi connectivity index (χ4n) is 2.65.